The Morgan fingerprint density at radius 3 is 2.03 bits per heavy atom. The van der Waals surface area contributed by atoms with Crippen molar-refractivity contribution in [3.05, 3.63) is 115 Å². The average molecular weight is 479 g/mol. The molecule has 0 saturated heterocycles. The number of ether oxygens (including phenoxy) is 2. The molecule has 4 nitrogen and oxygen atoms in total. The van der Waals surface area contributed by atoms with Gasteiger partial charge in [0.2, 0.25) is 0 Å². The maximum Gasteiger partial charge on any atom is 0.173 e. The quantitative estimate of drug-likeness (QED) is 0.163. The van der Waals surface area contributed by atoms with Crippen molar-refractivity contribution in [1.29, 1.82) is 0 Å². The summed E-state index contributed by atoms with van der Waals surface area (Å²) in [6, 6.07) is 38.9. The first kappa shape index (κ1) is 22.8. The van der Waals surface area contributed by atoms with Crippen molar-refractivity contribution in [2.24, 2.45) is 0 Å². The minimum Gasteiger partial charge on any atom is -0.497 e. The first-order chi connectivity index (χ1) is 17.3. The molecule has 5 rings (SSSR count). The number of nitrogens with zero attached hydrogens (tertiary/aromatic N) is 2. The lowest BCUT2D eigenvalue weighted by Crippen LogP contribution is -2.03. The van der Waals surface area contributed by atoms with Crippen LogP contribution in [0.25, 0.3) is 28.2 Å². The molecule has 1 heterocycles. The van der Waals surface area contributed by atoms with E-state index in [1.54, 1.807) is 18.9 Å². The molecule has 5 aromatic rings. The highest BCUT2D eigenvalue weighted by Crippen LogP contribution is 2.38. The normalized spacial score (nSPS) is 10.8. The molecule has 0 radical (unpaired) electrons. The lowest BCUT2D eigenvalue weighted by atomic mass is 10.0. The number of thioether (sulfide) groups is 1. The molecule has 5 heteroatoms. The number of aromatic nitrogens is 2. The number of imidazole rings is 1. The van der Waals surface area contributed by atoms with Gasteiger partial charge in [-0.25, -0.2) is 4.98 Å². The highest BCUT2D eigenvalue weighted by atomic mass is 32.2. The van der Waals surface area contributed by atoms with Crippen LogP contribution in [-0.2, 0) is 0 Å². The summed E-state index contributed by atoms with van der Waals surface area (Å²) in [7, 11) is 1.66. The van der Waals surface area contributed by atoms with E-state index >= 15 is 0 Å². The summed E-state index contributed by atoms with van der Waals surface area (Å²) in [5.41, 5.74) is 5.35. The largest absolute Gasteiger partial charge is 0.497 e. The van der Waals surface area contributed by atoms with E-state index in [0.717, 1.165) is 50.6 Å². The fourth-order valence-corrected chi connectivity index (χ4v) is 4.79. The van der Waals surface area contributed by atoms with Crippen molar-refractivity contribution in [3.63, 3.8) is 0 Å². The van der Waals surface area contributed by atoms with Gasteiger partial charge in [-0.3, -0.25) is 4.57 Å². The highest BCUT2D eigenvalue weighted by Gasteiger charge is 2.21. The molecule has 0 aliphatic carbocycles. The zero-order chi connectivity index (χ0) is 23.9. The molecule has 0 N–H and O–H groups in total. The van der Waals surface area contributed by atoms with Crippen molar-refractivity contribution < 1.29 is 9.47 Å². The molecule has 1 aromatic heterocycles. The number of hydrogen-bond donors (Lipinski definition) is 0. The minimum absolute atomic E-state index is 0.556. The molecule has 4 aromatic carbocycles. The van der Waals surface area contributed by atoms with Gasteiger partial charge in [0.25, 0.3) is 0 Å². The van der Waals surface area contributed by atoms with E-state index in [1.807, 2.05) is 42.5 Å². The van der Waals surface area contributed by atoms with Crippen LogP contribution in [0.2, 0.25) is 0 Å². The summed E-state index contributed by atoms with van der Waals surface area (Å²) in [5.74, 6) is 2.34. The topological polar surface area (TPSA) is 36.3 Å². The molecule has 0 atom stereocenters. The number of methoxy groups -OCH3 is 1. The van der Waals surface area contributed by atoms with Crippen molar-refractivity contribution in [3.8, 4) is 39.7 Å². The maximum absolute atomic E-state index is 5.98. The Kier molecular flexibility index (Phi) is 7.16. The van der Waals surface area contributed by atoms with Gasteiger partial charge in [0.1, 0.15) is 11.5 Å². The van der Waals surface area contributed by atoms with Crippen LogP contribution in [0.5, 0.6) is 11.5 Å². The first-order valence-corrected chi connectivity index (χ1v) is 12.5. The van der Waals surface area contributed by atoms with Gasteiger partial charge in [-0.05, 0) is 24.3 Å². The van der Waals surface area contributed by atoms with E-state index in [-0.39, 0.29) is 0 Å². The molecule has 0 unspecified atom stereocenters. The van der Waals surface area contributed by atoms with Crippen LogP contribution >= 0.6 is 11.8 Å². The summed E-state index contributed by atoms with van der Waals surface area (Å²) < 4.78 is 13.5. The molecule has 35 heavy (non-hydrogen) atoms. The van der Waals surface area contributed by atoms with Gasteiger partial charge >= 0.3 is 0 Å². The number of hydrogen-bond acceptors (Lipinski definition) is 4. The van der Waals surface area contributed by atoms with Crippen molar-refractivity contribution >= 4 is 11.8 Å². The van der Waals surface area contributed by atoms with Gasteiger partial charge < -0.3 is 9.47 Å². The standard InChI is InChI=1S/C30H26N2O2S/c1-33-26-18-11-19-27(22-26)34-20-21-35-30-31-28(23-12-5-2-6-13-23)29(24-14-7-3-8-15-24)32(30)25-16-9-4-10-17-25/h2-19,22H,20-21H2,1H3. The predicted octanol–water partition coefficient (Wildman–Crippen LogP) is 7.39. The third kappa shape index (κ3) is 5.26. The highest BCUT2D eigenvalue weighted by molar-refractivity contribution is 7.99. The van der Waals surface area contributed by atoms with Crippen LogP contribution in [0, 0.1) is 0 Å². The molecule has 0 spiro atoms. The number of para-hydroxylation sites is 1. The van der Waals surface area contributed by atoms with Gasteiger partial charge in [0, 0.05) is 28.6 Å². The zero-order valence-electron chi connectivity index (χ0n) is 19.5. The number of benzene rings is 4. The number of rotatable bonds is 9. The summed E-state index contributed by atoms with van der Waals surface area (Å²) >= 11 is 1.69. The van der Waals surface area contributed by atoms with Crippen molar-refractivity contribution in [2.45, 2.75) is 5.16 Å². The van der Waals surface area contributed by atoms with Crippen LogP contribution in [0.15, 0.2) is 120 Å². The Balaban J connectivity index is 1.51. The van der Waals surface area contributed by atoms with Crippen LogP contribution < -0.4 is 9.47 Å². The molecule has 0 bridgehead atoms. The van der Waals surface area contributed by atoms with E-state index in [2.05, 4.69) is 77.4 Å². The fraction of sp³-hybridized carbons (Fsp3) is 0.100. The average Bonchev–Trinajstić information content (AvgIpc) is 3.32. The van der Waals surface area contributed by atoms with Gasteiger partial charge in [0.05, 0.1) is 25.1 Å². The monoisotopic (exact) mass is 478 g/mol. The maximum atomic E-state index is 5.98. The Morgan fingerprint density at radius 1 is 0.714 bits per heavy atom. The van der Waals surface area contributed by atoms with E-state index in [4.69, 9.17) is 14.5 Å². The Hall–Kier alpha value is -3.96. The molecule has 0 amide bonds. The zero-order valence-corrected chi connectivity index (χ0v) is 20.3. The van der Waals surface area contributed by atoms with Crippen LogP contribution in [-0.4, -0.2) is 29.0 Å². The van der Waals surface area contributed by atoms with E-state index < -0.39 is 0 Å². The van der Waals surface area contributed by atoms with Crippen LogP contribution in [0.1, 0.15) is 0 Å². The van der Waals surface area contributed by atoms with Gasteiger partial charge in [0.15, 0.2) is 5.16 Å². The van der Waals surface area contributed by atoms with Crippen LogP contribution in [0.3, 0.4) is 0 Å². The molecular weight excluding hydrogens is 452 g/mol. The SMILES string of the molecule is COc1cccc(OCCSc2nc(-c3ccccc3)c(-c3ccccc3)n2-c2ccccc2)c1. The summed E-state index contributed by atoms with van der Waals surface area (Å²) in [4.78, 5) is 5.16. The van der Waals surface area contributed by atoms with E-state index in [0.29, 0.717) is 6.61 Å². The molecular formula is C30H26N2O2S. The second-order valence-corrected chi connectivity index (χ2v) is 8.93. The predicted molar refractivity (Wildman–Crippen MR) is 144 cm³/mol. The Bertz CT molecular complexity index is 1370. The van der Waals surface area contributed by atoms with Gasteiger partial charge in [-0.2, -0.15) is 0 Å². The lowest BCUT2D eigenvalue weighted by molar-refractivity contribution is 0.339. The minimum atomic E-state index is 0.556. The van der Waals surface area contributed by atoms with Gasteiger partial charge in [-0.1, -0.05) is 96.7 Å². The van der Waals surface area contributed by atoms with Crippen molar-refractivity contribution in [2.75, 3.05) is 19.5 Å². The second kappa shape index (κ2) is 11.0. The second-order valence-electron chi connectivity index (χ2n) is 7.87. The smallest absolute Gasteiger partial charge is 0.173 e. The van der Waals surface area contributed by atoms with E-state index in [1.165, 1.54) is 0 Å². The lowest BCUT2D eigenvalue weighted by Gasteiger charge is -2.13. The van der Waals surface area contributed by atoms with Crippen LogP contribution in [0.4, 0.5) is 0 Å². The fourth-order valence-electron chi connectivity index (χ4n) is 3.96. The third-order valence-electron chi connectivity index (χ3n) is 5.58. The van der Waals surface area contributed by atoms with Crippen molar-refractivity contribution in [1.82, 2.24) is 9.55 Å². The Morgan fingerprint density at radius 2 is 1.34 bits per heavy atom. The summed E-state index contributed by atoms with van der Waals surface area (Å²) in [6.45, 7) is 0.556. The first-order valence-electron chi connectivity index (χ1n) is 11.5. The Labute approximate surface area is 210 Å². The molecule has 0 aliphatic rings. The summed E-state index contributed by atoms with van der Waals surface area (Å²) in [5, 5.41) is 0.933. The van der Waals surface area contributed by atoms with Gasteiger partial charge in [-0.15, -0.1) is 0 Å². The third-order valence-corrected chi connectivity index (χ3v) is 6.48. The van der Waals surface area contributed by atoms with E-state index in [9.17, 15) is 0 Å². The molecule has 0 saturated carbocycles. The summed E-state index contributed by atoms with van der Waals surface area (Å²) in [6.07, 6.45) is 0. The molecule has 0 aliphatic heterocycles. The molecule has 174 valence electrons. The molecule has 0 fully saturated rings.